The highest BCUT2D eigenvalue weighted by atomic mass is 35.5. The number of hydrogen-bond acceptors (Lipinski definition) is 1. The van der Waals surface area contributed by atoms with Crippen LogP contribution in [0.15, 0.2) is 0 Å². The van der Waals surface area contributed by atoms with Gasteiger partial charge in [-0.05, 0) is 61.7 Å². The molecule has 4 fully saturated rings. The normalized spacial score (nSPS) is 51.9. The van der Waals surface area contributed by atoms with Crippen LogP contribution < -0.4 is 0 Å². The molecule has 78 valence electrons. The number of rotatable bonds is 2. The van der Waals surface area contributed by atoms with Crippen LogP contribution in [0.4, 0.5) is 0 Å². The molecule has 0 aromatic carbocycles. The molecular formula is C12H17ClO. The molecule has 0 aliphatic heterocycles. The average molecular weight is 213 g/mol. The quantitative estimate of drug-likeness (QED) is 0.508. The molecule has 0 spiro atoms. The van der Waals surface area contributed by atoms with Crippen molar-refractivity contribution in [2.75, 3.05) is 0 Å². The Bertz CT molecular complexity index is 226. The first kappa shape index (κ1) is 9.21. The molecule has 14 heavy (non-hydrogen) atoms. The van der Waals surface area contributed by atoms with Gasteiger partial charge in [0.15, 0.2) is 0 Å². The standard InChI is InChI=1S/C12H17ClO/c13-11(7-14)12-4-8-1-9(5-12)3-10(2-8)6-12/h7-11H,1-6H2/t8?,9?,10?,11-,12?/m0/s1. The molecular weight excluding hydrogens is 196 g/mol. The maximum absolute atomic E-state index is 10.9. The largest absolute Gasteiger partial charge is 0.302 e. The third kappa shape index (κ3) is 1.18. The van der Waals surface area contributed by atoms with Gasteiger partial charge in [0.05, 0.1) is 5.38 Å². The second kappa shape index (κ2) is 2.98. The number of carbonyl (C=O) groups excluding carboxylic acids is 1. The summed E-state index contributed by atoms with van der Waals surface area (Å²) in [5, 5.41) is -0.212. The lowest BCUT2D eigenvalue weighted by Gasteiger charge is -2.57. The molecule has 4 rings (SSSR count). The molecule has 4 bridgehead atoms. The lowest BCUT2D eigenvalue weighted by atomic mass is 9.49. The molecule has 0 amide bonds. The van der Waals surface area contributed by atoms with Gasteiger partial charge in [-0.15, -0.1) is 11.6 Å². The van der Waals surface area contributed by atoms with Crippen LogP contribution in [0, 0.1) is 23.2 Å². The van der Waals surface area contributed by atoms with E-state index in [-0.39, 0.29) is 10.8 Å². The van der Waals surface area contributed by atoms with Crippen molar-refractivity contribution in [3.05, 3.63) is 0 Å². The summed E-state index contributed by atoms with van der Waals surface area (Å²) >= 11 is 6.22. The van der Waals surface area contributed by atoms with Gasteiger partial charge in [-0.3, -0.25) is 0 Å². The Morgan fingerprint density at radius 1 is 1.07 bits per heavy atom. The van der Waals surface area contributed by atoms with Crippen molar-refractivity contribution in [1.82, 2.24) is 0 Å². The van der Waals surface area contributed by atoms with Gasteiger partial charge in [0, 0.05) is 0 Å². The van der Waals surface area contributed by atoms with Gasteiger partial charge in [0.2, 0.25) is 0 Å². The van der Waals surface area contributed by atoms with Crippen molar-refractivity contribution in [3.8, 4) is 0 Å². The molecule has 4 aliphatic rings. The fourth-order valence-electron chi connectivity index (χ4n) is 4.66. The smallest absolute Gasteiger partial charge is 0.138 e. The van der Waals surface area contributed by atoms with Crippen molar-refractivity contribution in [1.29, 1.82) is 0 Å². The summed E-state index contributed by atoms with van der Waals surface area (Å²) in [4.78, 5) is 10.9. The van der Waals surface area contributed by atoms with Gasteiger partial charge in [-0.25, -0.2) is 0 Å². The van der Waals surface area contributed by atoms with E-state index in [0.717, 1.165) is 24.0 Å². The van der Waals surface area contributed by atoms with Crippen LogP contribution in [0.5, 0.6) is 0 Å². The van der Waals surface area contributed by atoms with Gasteiger partial charge in [0.1, 0.15) is 6.29 Å². The molecule has 1 nitrogen and oxygen atoms in total. The summed E-state index contributed by atoms with van der Waals surface area (Å²) < 4.78 is 0. The van der Waals surface area contributed by atoms with E-state index in [9.17, 15) is 4.79 Å². The first-order valence-electron chi connectivity index (χ1n) is 5.81. The summed E-state index contributed by atoms with van der Waals surface area (Å²) in [6.07, 6.45) is 8.92. The minimum atomic E-state index is -0.212. The highest BCUT2D eigenvalue weighted by molar-refractivity contribution is 6.28. The fraction of sp³-hybridized carbons (Fsp3) is 0.917. The maximum Gasteiger partial charge on any atom is 0.138 e. The SMILES string of the molecule is O=C[C@H](Cl)C12CC3CC(CC(C3)C1)C2. The van der Waals surface area contributed by atoms with Crippen molar-refractivity contribution in [3.63, 3.8) is 0 Å². The lowest BCUT2D eigenvalue weighted by Crippen LogP contribution is -2.50. The van der Waals surface area contributed by atoms with Crippen LogP contribution in [0.3, 0.4) is 0 Å². The molecule has 0 aromatic heterocycles. The predicted molar refractivity (Wildman–Crippen MR) is 56.3 cm³/mol. The van der Waals surface area contributed by atoms with Crippen LogP contribution in [-0.4, -0.2) is 11.7 Å². The highest BCUT2D eigenvalue weighted by Crippen LogP contribution is 2.61. The lowest BCUT2D eigenvalue weighted by molar-refractivity contribution is -0.115. The maximum atomic E-state index is 10.9. The Morgan fingerprint density at radius 2 is 1.50 bits per heavy atom. The van der Waals surface area contributed by atoms with E-state index in [1.54, 1.807) is 0 Å². The Morgan fingerprint density at radius 3 is 1.86 bits per heavy atom. The second-order valence-electron chi connectivity index (χ2n) is 5.82. The van der Waals surface area contributed by atoms with E-state index >= 15 is 0 Å². The summed E-state index contributed by atoms with van der Waals surface area (Å²) in [5.41, 5.74) is 0.206. The number of carbonyl (C=O) groups is 1. The van der Waals surface area contributed by atoms with E-state index in [0.29, 0.717) is 0 Å². The predicted octanol–water partition coefficient (Wildman–Crippen LogP) is 3.01. The molecule has 0 saturated heterocycles. The second-order valence-corrected chi connectivity index (χ2v) is 6.29. The molecule has 2 heteroatoms. The van der Waals surface area contributed by atoms with Crippen molar-refractivity contribution in [2.45, 2.75) is 43.9 Å². The monoisotopic (exact) mass is 212 g/mol. The van der Waals surface area contributed by atoms with Crippen molar-refractivity contribution < 1.29 is 4.79 Å². The molecule has 0 heterocycles. The third-order valence-corrected chi connectivity index (χ3v) is 5.36. The van der Waals surface area contributed by atoms with Gasteiger partial charge >= 0.3 is 0 Å². The fourth-order valence-corrected chi connectivity index (χ4v) is 4.93. The minimum Gasteiger partial charge on any atom is -0.302 e. The minimum absolute atomic E-state index is 0.206. The third-order valence-electron chi connectivity index (χ3n) is 4.79. The number of hydrogen-bond donors (Lipinski definition) is 0. The van der Waals surface area contributed by atoms with Gasteiger partial charge in [0.25, 0.3) is 0 Å². The van der Waals surface area contributed by atoms with Crippen LogP contribution in [0.2, 0.25) is 0 Å². The highest BCUT2D eigenvalue weighted by Gasteiger charge is 2.53. The summed E-state index contributed by atoms with van der Waals surface area (Å²) in [7, 11) is 0. The first-order chi connectivity index (χ1) is 6.72. The molecule has 4 aliphatic carbocycles. The Labute approximate surface area is 90.2 Å². The van der Waals surface area contributed by atoms with E-state index in [4.69, 9.17) is 11.6 Å². The molecule has 0 N–H and O–H groups in total. The molecule has 4 saturated carbocycles. The van der Waals surface area contributed by atoms with E-state index in [1.165, 1.54) is 38.5 Å². The summed E-state index contributed by atoms with van der Waals surface area (Å²) in [5.74, 6) is 2.67. The van der Waals surface area contributed by atoms with Crippen LogP contribution in [0.1, 0.15) is 38.5 Å². The zero-order chi connectivity index (χ0) is 9.76. The molecule has 1 atom stereocenters. The Kier molecular flexibility index (Phi) is 1.96. The van der Waals surface area contributed by atoms with Gasteiger partial charge in [-0.2, -0.15) is 0 Å². The number of aldehydes is 1. The molecule has 0 aromatic rings. The van der Waals surface area contributed by atoms with Crippen LogP contribution in [0.25, 0.3) is 0 Å². The molecule has 0 unspecified atom stereocenters. The van der Waals surface area contributed by atoms with Crippen molar-refractivity contribution in [2.24, 2.45) is 23.2 Å². The molecule has 0 radical (unpaired) electrons. The Hall–Kier alpha value is -0.0400. The van der Waals surface area contributed by atoms with E-state index < -0.39 is 0 Å². The number of alkyl halides is 1. The first-order valence-corrected chi connectivity index (χ1v) is 6.25. The summed E-state index contributed by atoms with van der Waals surface area (Å²) in [6, 6.07) is 0. The average Bonchev–Trinajstić information content (AvgIpc) is 2.14. The van der Waals surface area contributed by atoms with Gasteiger partial charge in [-0.1, -0.05) is 0 Å². The van der Waals surface area contributed by atoms with E-state index in [2.05, 4.69) is 0 Å². The van der Waals surface area contributed by atoms with Crippen molar-refractivity contribution >= 4 is 17.9 Å². The van der Waals surface area contributed by atoms with Crippen LogP contribution in [-0.2, 0) is 4.79 Å². The zero-order valence-electron chi connectivity index (χ0n) is 8.42. The summed E-state index contributed by atoms with van der Waals surface area (Å²) in [6.45, 7) is 0. The Balaban J connectivity index is 1.90. The topological polar surface area (TPSA) is 17.1 Å². The number of halogens is 1. The van der Waals surface area contributed by atoms with Crippen LogP contribution >= 0.6 is 11.6 Å². The zero-order valence-corrected chi connectivity index (χ0v) is 9.17. The van der Waals surface area contributed by atoms with E-state index in [1.807, 2.05) is 0 Å². The van der Waals surface area contributed by atoms with Gasteiger partial charge < -0.3 is 4.79 Å².